The minimum atomic E-state index is -0.0234. The van der Waals surface area contributed by atoms with E-state index in [1.54, 1.807) is 11.3 Å². The Morgan fingerprint density at radius 2 is 1.57 bits per heavy atom. The van der Waals surface area contributed by atoms with Gasteiger partial charge in [0.25, 0.3) is 0 Å². The Morgan fingerprint density at radius 1 is 0.905 bits per heavy atom. The highest BCUT2D eigenvalue weighted by atomic mass is 32.1. The molecule has 1 atom stereocenters. The van der Waals surface area contributed by atoms with Crippen molar-refractivity contribution in [2.45, 2.75) is 19.4 Å². The summed E-state index contributed by atoms with van der Waals surface area (Å²) in [5.74, 6) is 0. The molecule has 0 aliphatic heterocycles. The predicted octanol–water partition coefficient (Wildman–Crippen LogP) is 5.03. The lowest BCUT2D eigenvalue weighted by Gasteiger charge is -2.13. The van der Waals surface area contributed by atoms with Gasteiger partial charge in [-0.15, -0.1) is 11.3 Å². The molecule has 0 aliphatic carbocycles. The SMILES string of the molecule is CCc1ccsc1C(N)c1ccc(-c2ccccc2)cc1. The molecule has 1 aromatic heterocycles. The molecule has 0 amide bonds. The van der Waals surface area contributed by atoms with Crippen LogP contribution in [-0.4, -0.2) is 0 Å². The Labute approximate surface area is 130 Å². The zero-order valence-corrected chi connectivity index (χ0v) is 12.9. The van der Waals surface area contributed by atoms with Crippen LogP contribution in [0.2, 0.25) is 0 Å². The van der Waals surface area contributed by atoms with Gasteiger partial charge in [-0.1, -0.05) is 61.5 Å². The summed E-state index contributed by atoms with van der Waals surface area (Å²) in [5, 5.41) is 2.13. The first kappa shape index (κ1) is 14.1. The highest BCUT2D eigenvalue weighted by Crippen LogP contribution is 2.29. The van der Waals surface area contributed by atoms with Crippen molar-refractivity contribution >= 4 is 11.3 Å². The van der Waals surface area contributed by atoms with E-state index in [0.29, 0.717) is 0 Å². The van der Waals surface area contributed by atoms with Gasteiger partial charge in [-0.3, -0.25) is 0 Å². The highest BCUT2D eigenvalue weighted by molar-refractivity contribution is 7.10. The van der Waals surface area contributed by atoms with E-state index in [1.807, 2.05) is 6.07 Å². The van der Waals surface area contributed by atoms with Crippen LogP contribution < -0.4 is 5.73 Å². The Morgan fingerprint density at radius 3 is 2.24 bits per heavy atom. The molecule has 0 saturated heterocycles. The summed E-state index contributed by atoms with van der Waals surface area (Å²) in [6.07, 6.45) is 1.04. The molecule has 1 nitrogen and oxygen atoms in total. The molecule has 3 aromatic rings. The first-order valence-electron chi connectivity index (χ1n) is 7.27. The van der Waals surface area contributed by atoms with Crippen LogP contribution >= 0.6 is 11.3 Å². The van der Waals surface area contributed by atoms with E-state index in [0.717, 1.165) is 6.42 Å². The van der Waals surface area contributed by atoms with Crippen LogP contribution in [0.15, 0.2) is 66.0 Å². The largest absolute Gasteiger partial charge is 0.320 e. The maximum Gasteiger partial charge on any atom is 0.0648 e. The third-order valence-electron chi connectivity index (χ3n) is 3.82. The smallest absolute Gasteiger partial charge is 0.0648 e. The van der Waals surface area contributed by atoms with Gasteiger partial charge in [0.2, 0.25) is 0 Å². The number of rotatable bonds is 4. The third-order valence-corrected chi connectivity index (χ3v) is 4.86. The lowest BCUT2D eigenvalue weighted by atomic mass is 9.99. The zero-order chi connectivity index (χ0) is 14.7. The molecule has 0 spiro atoms. The summed E-state index contributed by atoms with van der Waals surface area (Å²) in [7, 11) is 0. The minimum Gasteiger partial charge on any atom is -0.320 e. The summed E-state index contributed by atoms with van der Waals surface area (Å²) in [4.78, 5) is 1.28. The molecule has 1 unspecified atom stereocenters. The van der Waals surface area contributed by atoms with E-state index in [-0.39, 0.29) is 6.04 Å². The summed E-state index contributed by atoms with van der Waals surface area (Å²) >= 11 is 1.75. The van der Waals surface area contributed by atoms with Crippen LogP contribution in [0.1, 0.15) is 29.0 Å². The lowest BCUT2D eigenvalue weighted by molar-refractivity contribution is 0.874. The quantitative estimate of drug-likeness (QED) is 0.717. The van der Waals surface area contributed by atoms with E-state index in [1.165, 1.54) is 27.1 Å². The molecule has 0 fully saturated rings. The topological polar surface area (TPSA) is 26.0 Å². The van der Waals surface area contributed by atoms with E-state index in [2.05, 4.69) is 66.9 Å². The Hall–Kier alpha value is -1.90. The number of hydrogen-bond acceptors (Lipinski definition) is 2. The average Bonchev–Trinajstić information content (AvgIpc) is 3.04. The van der Waals surface area contributed by atoms with E-state index in [4.69, 9.17) is 5.73 Å². The van der Waals surface area contributed by atoms with Gasteiger partial charge in [-0.05, 0) is 40.1 Å². The summed E-state index contributed by atoms with van der Waals surface area (Å²) < 4.78 is 0. The molecule has 0 bridgehead atoms. The molecule has 0 radical (unpaired) electrons. The molecule has 2 heteroatoms. The first-order valence-corrected chi connectivity index (χ1v) is 8.14. The van der Waals surface area contributed by atoms with Crippen LogP contribution in [0.4, 0.5) is 0 Å². The van der Waals surface area contributed by atoms with Gasteiger partial charge in [-0.25, -0.2) is 0 Å². The van der Waals surface area contributed by atoms with E-state index >= 15 is 0 Å². The average molecular weight is 293 g/mol. The molecular formula is C19H19NS. The zero-order valence-electron chi connectivity index (χ0n) is 12.1. The van der Waals surface area contributed by atoms with Gasteiger partial charge in [-0.2, -0.15) is 0 Å². The van der Waals surface area contributed by atoms with Gasteiger partial charge >= 0.3 is 0 Å². The van der Waals surface area contributed by atoms with Gasteiger partial charge in [0.15, 0.2) is 0 Å². The van der Waals surface area contributed by atoms with Crippen molar-refractivity contribution in [1.82, 2.24) is 0 Å². The third kappa shape index (κ3) is 2.92. The van der Waals surface area contributed by atoms with Gasteiger partial charge in [0.05, 0.1) is 6.04 Å². The molecular weight excluding hydrogens is 274 g/mol. The Kier molecular flexibility index (Phi) is 4.18. The van der Waals surface area contributed by atoms with Gasteiger partial charge in [0.1, 0.15) is 0 Å². The summed E-state index contributed by atoms with van der Waals surface area (Å²) in [5.41, 5.74) is 11.4. The fraction of sp³-hybridized carbons (Fsp3) is 0.158. The highest BCUT2D eigenvalue weighted by Gasteiger charge is 2.13. The standard InChI is InChI=1S/C19H19NS/c1-2-14-12-13-21-19(14)18(20)17-10-8-16(9-11-17)15-6-4-3-5-7-15/h3-13,18H,2,20H2,1H3. The molecule has 2 N–H and O–H groups in total. The van der Waals surface area contributed by atoms with Crippen molar-refractivity contribution < 1.29 is 0 Å². The second-order valence-corrected chi connectivity index (χ2v) is 6.08. The maximum absolute atomic E-state index is 6.44. The Bertz CT molecular complexity index is 698. The minimum absolute atomic E-state index is 0.0234. The van der Waals surface area contributed by atoms with Crippen molar-refractivity contribution in [2.24, 2.45) is 5.73 Å². The first-order chi connectivity index (χ1) is 10.3. The van der Waals surface area contributed by atoms with Gasteiger partial charge in [0, 0.05) is 4.88 Å². The van der Waals surface area contributed by atoms with Crippen LogP contribution in [0, 0.1) is 0 Å². The van der Waals surface area contributed by atoms with Crippen LogP contribution in [0.5, 0.6) is 0 Å². The number of benzene rings is 2. The molecule has 2 aromatic carbocycles. The van der Waals surface area contributed by atoms with Gasteiger partial charge < -0.3 is 5.73 Å². The Balaban J connectivity index is 1.87. The second kappa shape index (κ2) is 6.25. The maximum atomic E-state index is 6.44. The predicted molar refractivity (Wildman–Crippen MR) is 91.6 cm³/mol. The second-order valence-electron chi connectivity index (χ2n) is 5.13. The van der Waals surface area contributed by atoms with Crippen LogP contribution in [0.3, 0.4) is 0 Å². The van der Waals surface area contributed by atoms with Crippen molar-refractivity contribution in [1.29, 1.82) is 0 Å². The van der Waals surface area contributed by atoms with Crippen molar-refractivity contribution in [3.05, 3.63) is 82.0 Å². The number of hydrogen-bond donors (Lipinski definition) is 1. The van der Waals surface area contributed by atoms with Crippen LogP contribution in [0.25, 0.3) is 11.1 Å². The van der Waals surface area contributed by atoms with E-state index in [9.17, 15) is 0 Å². The fourth-order valence-corrected chi connectivity index (χ4v) is 3.60. The monoisotopic (exact) mass is 293 g/mol. The molecule has 106 valence electrons. The molecule has 21 heavy (non-hydrogen) atoms. The number of thiophene rings is 1. The fourth-order valence-electron chi connectivity index (χ4n) is 2.58. The lowest BCUT2D eigenvalue weighted by Crippen LogP contribution is -2.11. The van der Waals surface area contributed by atoms with Crippen molar-refractivity contribution in [2.75, 3.05) is 0 Å². The number of nitrogens with two attached hydrogens (primary N) is 1. The summed E-state index contributed by atoms with van der Waals surface area (Å²) in [6.45, 7) is 2.18. The normalized spacial score (nSPS) is 12.3. The molecule has 0 aliphatic rings. The number of aryl methyl sites for hydroxylation is 1. The van der Waals surface area contributed by atoms with Crippen molar-refractivity contribution in [3.63, 3.8) is 0 Å². The molecule has 1 heterocycles. The van der Waals surface area contributed by atoms with E-state index < -0.39 is 0 Å². The summed E-state index contributed by atoms with van der Waals surface area (Å²) in [6, 6.07) is 21.2. The van der Waals surface area contributed by atoms with Crippen LogP contribution in [-0.2, 0) is 6.42 Å². The molecule has 3 rings (SSSR count). The van der Waals surface area contributed by atoms with Crippen molar-refractivity contribution in [3.8, 4) is 11.1 Å². The molecule has 0 saturated carbocycles.